The summed E-state index contributed by atoms with van der Waals surface area (Å²) in [7, 11) is 0. The third-order valence-corrected chi connectivity index (χ3v) is 5.18. The standard InChI is InChI=1S/C20H18Cl2FNO3/c21-16-4-1-15(18(22)11-16)12-27-20(26)14-7-9-24(10-8-14)19(25)13-2-5-17(23)6-3-13/h1-6,11,14H,7-10,12H2. The zero-order valence-electron chi connectivity index (χ0n) is 14.5. The summed E-state index contributed by atoms with van der Waals surface area (Å²) in [6.45, 7) is 0.999. The molecule has 7 heteroatoms. The summed E-state index contributed by atoms with van der Waals surface area (Å²) in [5.74, 6) is -1.09. The SMILES string of the molecule is O=C(OCc1ccc(Cl)cc1Cl)C1CCN(C(=O)c2ccc(F)cc2)CC1. The fourth-order valence-corrected chi connectivity index (χ4v) is 3.46. The third kappa shape index (κ3) is 4.99. The van der Waals surface area contributed by atoms with E-state index in [1.165, 1.54) is 24.3 Å². The van der Waals surface area contributed by atoms with Crippen LogP contribution in [0.25, 0.3) is 0 Å². The van der Waals surface area contributed by atoms with Gasteiger partial charge in [-0.05, 0) is 49.2 Å². The monoisotopic (exact) mass is 409 g/mol. The Hall–Kier alpha value is -2.11. The molecule has 2 aromatic rings. The van der Waals surface area contributed by atoms with E-state index >= 15 is 0 Å². The number of amides is 1. The van der Waals surface area contributed by atoms with Crippen molar-refractivity contribution in [3.63, 3.8) is 0 Å². The van der Waals surface area contributed by atoms with E-state index in [4.69, 9.17) is 27.9 Å². The van der Waals surface area contributed by atoms with Crippen LogP contribution < -0.4 is 0 Å². The molecule has 1 fully saturated rings. The Balaban J connectivity index is 1.50. The first-order chi connectivity index (χ1) is 12.9. The number of benzene rings is 2. The number of esters is 1. The van der Waals surface area contributed by atoms with Gasteiger partial charge in [-0.25, -0.2) is 4.39 Å². The highest BCUT2D eigenvalue weighted by atomic mass is 35.5. The Kier molecular flexibility index (Phi) is 6.34. The van der Waals surface area contributed by atoms with Crippen molar-refractivity contribution in [3.8, 4) is 0 Å². The highest BCUT2D eigenvalue weighted by Gasteiger charge is 2.29. The first kappa shape index (κ1) is 19.6. The van der Waals surface area contributed by atoms with Crippen molar-refractivity contribution in [1.29, 1.82) is 0 Å². The molecule has 2 aromatic carbocycles. The van der Waals surface area contributed by atoms with Gasteiger partial charge in [-0.15, -0.1) is 0 Å². The Morgan fingerprint density at radius 1 is 1.07 bits per heavy atom. The Morgan fingerprint density at radius 3 is 2.37 bits per heavy atom. The lowest BCUT2D eigenvalue weighted by Crippen LogP contribution is -2.40. The lowest BCUT2D eigenvalue weighted by atomic mass is 9.96. The van der Waals surface area contributed by atoms with Crippen LogP contribution in [0.15, 0.2) is 42.5 Å². The van der Waals surface area contributed by atoms with Crippen molar-refractivity contribution in [2.45, 2.75) is 19.4 Å². The lowest BCUT2D eigenvalue weighted by Gasteiger charge is -2.31. The molecule has 0 atom stereocenters. The molecule has 0 aromatic heterocycles. The van der Waals surface area contributed by atoms with Gasteiger partial charge < -0.3 is 9.64 Å². The molecule has 1 aliphatic rings. The normalized spacial score (nSPS) is 14.9. The maximum atomic E-state index is 13.0. The first-order valence-electron chi connectivity index (χ1n) is 8.59. The van der Waals surface area contributed by atoms with Crippen LogP contribution >= 0.6 is 23.2 Å². The predicted octanol–water partition coefficient (Wildman–Crippen LogP) is 4.73. The van der Waals surface area contributed by atoms with Gasteiger partial charge in [-0.3, -0.25) is 9.59 Å². The fraction of sp³-hybridized carbons (Fsp3) is 0.300. The minimum Gasteiger partial charge on any atom is -0.461 e. The third-order valence-electron chi connectivity index (χ3n) is 4.59. The number of likely N-dealkylation sites (tertiary alicyclic amines) is 1. The van der Waals surface area contributed by atoms with Gasteiger partial charge in [0.1, 0.15) is 12.4 Å². The summed E-state index contributed by atoms with van der Waals surface area (Å²) in [4.78, 5) is 26.4. The van der Waals surface area contributed by atoms with Gasteiger partial charge in [0.05, 0.1) is 5.92 Å². The number of nitrogens with zero attached hydrogens (tertiary/aromatic N) is 1. The molecule has 1 saturated heterocycles. The summed E-state index contributed by atoms with van der Waals surface area (Å²) in [6.07, 6.45) is 1.06. The molecule has 3 rings (SSSR count). The summed E-state index contributed by atoms with van der Waals surface area (Å²) in [6, 6.07) is 10.5. The first-order valence-corrected chi connectivity index (χ1v) is 9.35. The fourth-order valence-electron chi connectivity index (χ4n) is 3.00. The van der Waals surface area contributed by atoms with Crippen LogP contribution in [0, 0.1) is 11.7 Å². The Morgan fingerprint density at radius 2 is 1.74 bits per heavy atom. The predicted molar refractivity (Wildman–Crippen MR) is 101 cm³/mol. The van der Waals surface area contributed by atoms with E-state index in [1.807, 2.05) is 0 Å². The van der Waals surface area contributed by atoms with Crippen molar-refractivity contribution in [2.24, 2.45) is 5.92 Å². The maximum absolute atomic E-state index is 13.0. The van der Waals surface area contributed by atoms with Gasteiger partial charge in [-0.1, -0.05) is 29.3 Å². The van der Waals surface area contributed by atoms with Crippen LogP contribution in [-0.2, 0) is 16.1 Å². The lowest BCUT2D eigenvalue weighted by molar-refractivity contribution is -0.151. The summed E-state index contributed by atoms with van der Waals surface area (Å²) in [5.41, 5.74) is 1.13. The summed E-state index contributed by atoms with van der Waals surface area (Å²) in [5, 5.41) is 0.975. The van der Waals surface area contributed by atoms with Gasteiger partial charge >= 0.3 is 5.97 Å². The number of hydrogen-bond acceptors (Lipinski definition) is 3. The topological polar surface area (TPSA) is 46.6 Å². The zero-order valence-corrected chi connectivity index (χ0v) is 16.0. The molecule has 1 aliphatic heterocycles. The molecule has 0 unspecified atom stereocenters. The minimum atomic E-state index is -0.381. The van der Waals surface area contributed by atoms with Crippen molar-refractivity contribution in [3.05, 3.63) is 69.5 Å². The molecule has 142 valence electrons. The molecule has 27 heavy (non-hydrogen) atoms. The van der Waals surface area contributed by atoms with Crippen molar-refractivity contribution < 1.29 is 18.7 Å². The quantitative estimate of drug-likeness (QED) is 0.685. The highest BCUT2D eigenvalue weighted by Crippen LogP contribution is 2.24. The number of hydrogen-bond donors (Lipinski definition) is 0. The Labute approximate surface area is 166 Å². The van der Waals surface area contributed by atoms with Gasteiger partial charge in [0.2, 0.25) is 0 Å². The van der Waals surface area contributed by atoms with Crippen LogP contribution in [0.4, 0.5) is 4.39 Å². The van der Waals surface area contributed by atoms with E-state index in [-0.39, 0.29) is 30.2 Å². The van der Waals surface area contributed by atoms with Crippen molar-refractivity contribution >= 4 is 35.1 Å². The second-order valence-electron chi connectivity index (χ2n) is 6.42. The van der Waals surface area contributed by atoms with E-state index < -0.39 is 0 Å². The number of rotatable bonds is 4. The van der Waals surface area contributed by atoms with E-state index in [0.717, 1.165) is 0 Å². The Bertz CT molecular complexity index is 834. The van der Waals surface area contributed by atoms with E-state index in [9.17, 15) is 14.0 Å². The second kappa shape index (κ2) is 8.72. The van der Waals surface area contributed by atoms with Crippen LogP contribution in [0.1, 0.15) is 28.8 Å². The molecule has 0 bridgehead atoms. The molecule has 1 amide bonds. The van der Waals surface area contributed by atoms with Crippen LogP contribution in [0.3, 0.4) is 0 Å². The molecule has 0 spiro atoms. The molecule has 0 aliphatic carbocycles. The van der Waals surface area contributed by atoms with Crippen LogP contribution in [0.5, 0.6) is 0 Å². The largest absolute Gasteiger partial charge is 0.461 e. The number of halogens is 3. The maximum Gasteiger partial charge on any atom is 0.309 e. The minimum absolute atomic E-state index is 0.0869. The number of piperidine rings is 1. The molecule has 0 radical (unpaired) electrons. The van der Waals surface area contributed by atoms with Crippen molar-refractivity contribution in [1.82, 2.24) is 4.90 Å². The molecule has 4 nitrogen and oxygen atoms in total. The van der Waals surface area contributed by atoms with Crippen LogP contribution in [-0.4, -0.2) is 29.9 Å². The van der Waals surface area contributed by atoms with E-state index in [2.05, 4.69) is 0 Å². The molecular formula is C20H18Cl2FNO3. The summed E-state index contributed by atoms with van der Waals surface area (Å²) < 4.78 is 18.4. The summed E-state index contributed by atoms with van der Waals surface area (Å²) >= 11 is 11.9. The zero-order chi connectivity index (χ0) is 19.4. The van der Waals surface area contributed by atoms with Crippen LogP contribution in [0.2, 0.25) is 10.0 Å². The van der Waals surface area contributed by atoms with Gasteiger partial charge in [0.15, 0.2) is 0 Å². The molecular weight excluding hydrogens is 392 g/mol. The smallest absolute Gasteiger partial charge is 0.309 e. The van der Waals surface area contributed by atoms with Crippen molar-refractivity contribution in [2.75, 3.05) is 13.1 Å². The van der Waals surface area contributed by atoms with Gasteiger partial charge in [0.25, 0.3) is 5.91 Å². The van der Waals surface area contributed by atoms with Gasteiger partial charge in [-0.2, -0.15) is 0 Å². The average molecular weight is 410 g/mol. The number of carbonyl (C=O) groups excluding carboxylic acids is 2. The molecule has 0 saturated carbocycles. The van der Waals surface area contributed by atoms with E-state index in [0.29, 0.717) is 47.1 Å². The molecule has 1 heterocycles. The number of ether oxygens (including phenoxy) is 1. The van der Waals surface area contributed by atoms with E-state index in [1.54, 1.807) is 23.1 Å². The number of carbonyl (C=O) groups is 2. The highest BCUT2D eigenvalue weighted by molar-refractivity contribution is 6.35. The van der Waals surface area contributed by atoms with Gasteiger partial charge in [0, 0.05) is 34.3 Å². The average Bonchev–Trinajstić information content (AvgIpc) is 2.67. The molecule has 0 N–H and O–H groups in total. The second-order valence-corrected chi connectivity index (χ2v) is 7.26.